The first kappa shape index (κ1) is 25.5. The zero-order chi connectivity index (χ0) is 26.1. The van der Waals surface area contributed by atoms with E-state index in [2.05, 4.69) is 11.9 Å². The molecule has 192 valence electrons. The molecular weight excluding hydrogens is 531 g/mol. The van der Waals surface area contributed by atoms with Gasteiger partial charge in [-0.3, -0.25) is 14.2 Å². The zero-order valence-corrected chi connectivity index (χ0v) is 22.9. The molecule has 0 saturated carbocycles. The summed E-state index contributed by atoms with van der Waals surface area (Å²) in [6.07, 6.45) is 4.33. The normalized spacial score (nSPS) is 12.6. The summed E-state index contributed by atoms with van der Waals surface area (Å²) in [7, 11) is 0. The summed E-state index contributed by atoms with van der Waals surface area (Å²) in [6, 6.07) is 3.69. The van der Waals surface area contributed by atoms with Crippen LogP contribution in [0.3, 0.4) is 0 Å². The van der Waals surface area contributed by atoms with Crippen LogP contribution in [-0.2, 0) is 28.9 Å². The number of amides is 1. The molecule has 0 unspecified atom stereocenters. The summed E-state index contributed by atoms with van der Waals surface area (Å²) in [5.74, 6) is 0.710. The Bertz CT molecular complexity index is 1580. The Morgan fingerprint density at radius 3 is 2.92 bits per heavy atom. The summed E-state index contributed by atoms with van der Waals surface area (Å²) >= 11 is 3.97. The van der Waals surface area contributed by atoms with Gasteiger partial charge in [0.05, 0.1) is 23.3 Å². The van der Waals surface area contributed by atoms with Crippen molar-refractivity contribution in [3.8, 4) is 11.3 Å². The number of carbonyl (C=O) groups excluding carboxylic acids is 2. The number of ether oxygens (including phenoxy) is 1. The maximum atomic E-state index is 13.5. The number of thiophene rings is 2. The molecule has 4 aromatic rings. The molecule has 0 spiro atoms. The quantitative estimate of drug-likeness (QED) is 0.123. The summed E-state index contributed by atoms with van der Waals surface area (Å²) in [6.45, 7) is 7.91. The van der Waals surface area contributed by atoms with E-state index in [-0.39, 0.29) is 30.4 Å². The average Bonchev–Trinajstić information content (AvgIpc) is 3.64. The standard InChI is InChI=1S/C26H25N3O5S3/c1-4-11-29-24(31)20-16(17-10-9-14(3)34-17)12-35-22(20)28-26(29)36-13-19(30)27-23-21(25(32)33-5-2)15-7-6-8-18(15)37-23/h4,9-10,12H,1,5-8,11,13H2,2-3H3,(H,27,30). The number of hydrogen-bond acceptors (Lipinski definition) is 9. The molecule has 4 heterocycles. The molecule has 1 N–H and O–H groups in total. The number of aromatic nitrogens is 2. The van der Waals surface area contributed by atoms with Crippen molar-refractivity contribution in [3.05, 3.63) is 62.3 Å². The third kappa shape index (κ3) is 4.90. The fourth-order valence-electron chi connectivity index (χ4n) is 4.37. The van der Waals surface area contributed by atoms with Crippen molar-refractivity contribution in [3.63, 3.8) is 0 Å². The van der Waals surface area contributed by atoms with E-state index >= 15 is 0 Å². The van der Waals surface area contributed by atoms with Crippen LogP contribution in [0.1, 0.15) is 39.9 Å². The number of fused-ring (bicyclic) bond motifs is 2. The fourth-order valence-corrected chi connectivity index (χ4v) is 7.44. The minimum atomic E-state index is -0.406. The number of thioether (sulfide) groups is 1. The maximum absolute atomic E-state index is 13.5. The van der Waals surface area contributed by atoms with Gasteiger partial charge in [-0.05, 0) is 50.8 Å². The van der Waals surface area contributed by atoms with Gasteiger partial charge < -0.3 is 14.5 Å². The van der Waals surface area contributed by atoms with Crippen molar-refractivity contribution in [2.24, 2.45) is 0 Å². The number of rotatable bonds is 9. The highest BCUT2D eigenvalue weighted by atomic mass is 32.2. The van der Waals surface area contributed by atoms with Crippen molar-refractivity contribution in [2.75, 3.05) is 17.7 Å². The summed E-state index contributed by atoms with van der Waals surface area (Å²) in [4.78, 5) is 45.4. The second-order valence-corrected chi connectivity index (χ2v) is 11.4. The van der Waals surface area contributed by atoms with Gasteiger partial charge in [0.2, 0.25) is 5.91 Å². The molecule has 1 aliphatic rings. The van der Waals surface area contributed by atoms with Gasteiger partial charge in [-0.25, -0.2) is 9.78 Å². The maximum Gasteiger partial charge on any atom is 0.341 e. The molecule has 1 aliphatic carbocycles. The van der Waals surface area contributed by atoms with Crippen LogP contribution in [0.15, 0.2) is 44.5 Å². The topological polar surface area (TPSA) is 103 Å². The Labute approximate surface area is 225 Å². The molecule has 1 amide bonds. The predicted octanol–water partition coefficient (Wildman–Crippen LogP) is 5.67. The first-order valence-corrected chi connectivity index (χ1v) is 14.5. The van der Waals surface area contributed by atoms with Crippen LogP contribution in [0.25, 0.3) is 21.5 Å². The number of nitrogens with one attached hydrogen (secondary N) is 1. The molecule has 5 rings (SSSR count). The van der Waals surface area contributed by atoms with E-state index < -0.39 is 5.97 Å². The van der Waals surface area contributed by atoms with E-state index in [1.807, 2.05) is 24.4 Å². The largest absolute Gasteiger partial charge is 0.462 e. The Kier molecular flexibility index (Phi) is 7.36. The highest BCUT2D eigenvalue weighted by molar-refractivity contribution is 7.99. The van der Waals surface area contributed by atoms with E-state index in [0.717, 1.165) is 35.5 Å². The minimum absolute atomic E-state index is 0.0233. The van der Waals surface area contributed by atoms with Crippen LogP contribution >= 0.6 is 34.4 Å². The van der Waals surface area contributed by atoms with Gasteiger partial charge in [-0.2, -0.15) is 0 Å². The molecule has 11 heteroatoms. The Morgan fingerprint density at radius 1 is 1.35 bits per heavy atom. The molecule has 0 saturated heterocycles. The van der Waals surface area contributed by atoms with E-state index in [0.29, 0.717) is 37.3 Å². The molecule has 0 atom stereocenters. The lowest BCUT2D eigenvalue weighted by atomic mass is 10.1. The van der Waals surface area contributed by atoms with Crippen LogP contribution in [-0.4, -0.2) is 33.8 Å². The first-order chi connectivity index (χ1) is 17.9. The number of hydrogen-bond donors (Lipinski definition) is 1. The number of allylic oxidation sites excluding steroid dienone is 1. The smallest absolute Gasteiger partial charge is 0.341 e. The molecule has 4 aromatic heterocycles. The van der Waals surface area contributed by atoms with Crippen molar-refractivity contribution in [1.29, 1.82) is 0 Å². The molecular formula is C26H25N3O5S3. The molecule has 8 nitrogen and oxygen atoms in total. The van der Waals surface area contributed by atoms with E-state index in [4.69, 9.17) is 14.1 Å². The average molecular weight is 556 g/mol. The van der Waals surface area contributed by atoms with Crippen LogP contribution in [0.4, 0.5) is 5.00 Å². The third-order valence-electron chi connectivity index (χ3n) is 5.96. The van der Waals surface area contributed by atoms with Crippen molar-refractivity contribution in [2.45, 2.75) is 44.8 Å². The highest BCUT2D eigenvalue weighted by Crippen LogP contribution is 2.40. The molecule has 0 radical (unpaired) electrons. The lowest BCUT2D eigenvalue weighted by molar-refractivity contribution is -0.113. The molecule has 0 aromatic carbocycles. The van der Waals surface area contributed by atoms with Crippen molar-refractivity contribution in [1.82, 2.24) is 9.55 Å². The van der Waals surface area contributed by atoms with Gasteiger partial charge in [0.25, 0.3) is 5.56 Å². The van der Waals surface area contributed by atoms with E-state index in [1.54, 1.807) is 13.0 Å². The van der Waals surface area contributed by atoms with Gasteiger partial charge in [0.15, 0.2) is 5.16 Å². The first-order valence-electron chi connectivity index (χ1n) is 11.8. The Balaban J connectivity index is 1.40. The summed E-state index contributed by atoms with van der Waals surface area (Å²) in [5, 5.41) is 6.20. The molecule has 0 bridgehead atoms. The Morgan fingerprint density at radius 2 is 2.19 bits per heavy atom. The van der Waals surface area contributed by atoms with Gasteiger partial charge in [-0.1, -0.05) is 17.8 Å². The zero-order valence-electron chi connectivity index (χ0n) is 20.4. The minimum Gasteiger partial charge on any atom is -0.462 e. The van der Waals surface area contributed by atoms with Gasteiger partial charge >= 0.3 is 5.97 Å². The van der Waals surface area contributed by atoms with E-state index in [1.165, 1.54) is 39.0 Å². The van der Waals surface area contributed by atoms with Gasteiger partial charge in [0.1, 0.15) is 21.4 Å². The number of esters is 1. The SMILES string of the molecule is C=CCn1c(SCC(=O)Nc2sc3c(c2C(=O)OCC)CCC3)nc2scc(-c3ccc(C)o3)c2c1=O. The predicted molar refractivity (Wildman–Crippen MR) is 148 cm³/mol. The van der Waals surface area contributed by atoms with Crippen LogP contribution in [0, 0.1) is 6.92 Å². The second kappa shape index (κ2) is 10.7. The lowest BCUT2D eigenvalue weighted by Crippen LogP contribution is -2.23. The fraction of sp³-hybridized carbons (Fsp3) is 0.308. The number of carbonyl (C=O) groups is 2. The van der Waals surface area contributed by atoms with Gasteiger partial charge in [0, 0.05) is 22.4 Å². The molecule has 0 fully saturated rings. The number of aryl methyl sites for hydroxylation is 2. The lowest BCUT2D eigenvalue weighted by Gasteiger charge is -2.11. The number of furan rings is 1. The van der Waals surface area contributed by atoms with Crippen molar-refractivity contribution < 1.29 is 18.7 Å². The van der Waals surface area contributed by atoms with Gasteiger partial charge in [-0.15, -0.1) is 29.3 Å². The summed E-state index contributed by atoms with van der Waals surface area (Å²) in [5.41, 5.74) is 1.95. The van der Waals surface area contributed by atoms with Crippen molar-refractivity contribution >= 4 is 61.5 Å². The number of anilines is 1. The van der Waals surface area contributed by atoms with Crippen LogP contribution in [0.5, 0.6) is 0 Å². The highest BCUT2D eigenvalue weighted by Gasteiger charge is 2.28. The number of nitrogens with zero attached hydrogens (tertiary/aromatic N) is 2. The van der Waals surface area contributed by atoms with Crippen LogP contribution < -0.4 is 10.9 Å². The third-order valence-corrected chi connectivity index (χ3v) is 9.02. The monoisotopic (exact) mass is 555 g/mol. The molecule has 37 heavy (non-hydrogen) atoms. The van der Waals surface area contributed by atoms with E-state index in [9.17, 15) is 14.4 Å². The second-order valence-electron chi connectivity index (χ2n) is 8.46. The summed E-state index contributed by atoms with van der Waals surface area (Å²) < 4.78 is 12.5. The van der Waals surface area contributed by atoms with Crippen LogP contribution in [0.2, 0.25) is 0 Å². The Hall–Kier alpha value is -3.15. The molecule has 0 aliphatic heterocycles.